The van der Waals surface area contributed by atoms with Crippen molar-refractivity contribution >= 4 is 23.0 Å². The van der Waals surface area contributed by atoms with E-state index < -0.39 is 4.92 Å². The molecule has 1 fully saturated rings. The molecule has 1 aromatic carbocycles. The average molecular weight is 414 g/mol. The second-order valence-corrected chi connectivity index (χ2v) is 7.89. The summed E-state index contributed by atoms with van der Waals surface area (Å²) in [7, 11) is 0. The quantitative estimate of drug-likeness (QED) is 0.215. The van der Waals surface area contributed by atoms with Crippen LogP contribution in [0.2, 0.25) is 0 Å². The third-order valence-electron chi connectivity index (χ3n) is 4.90. The first-order valence-corrected chi connectivity index (χ1v) is 10.7. The van der Waals surface area contributed by atoms with Gasteiger partial charge in [-0.2, -0.15) is 0 Å². The SMILES string of the molecule is C=CCNC(=NCc1ccc([N+](=O)[O-])cc1)NCC(c1cccs1)N1CCCC1. The highest BCUT2D eigenvalue weighted by molar-refractivity contribution is 7.10. The Bertz CT molecular complexity index is 814. The molecule has 0 amide bonds. The summed E-state index contributed by atoms with van der Waals surface area (Å²) in [6.07, 6.45) is 4.29. The Morgan fingerprint density at radius 1 is 1.28 bits per heavy atom. The summed E-state index contributed by atoms with van der Waals surface area (Å²) < 4.78 is 0. The molecule has 8 heteroatoms. The van der Waals surface area contributed by atoms with Crippen molar-refractivity contribution in [2.75, 3.05) is 26.2 Å². The Morgan fingerprint density at radius 3 is 2.66 bits per heavy atom. The maximum absolute atomic E-state index is 10.8. The maximum Gasteiger partial charge on any atom is 0.269 e. The molecule has 1 aromatic heterocycles. The molecule has 3 rings (SSSR count). The van der Waals surface area contributed by atoms with Gasteiger partial charge in [-0.3, -0.25) is 15.0 Å². The number of non-ortho nitro benzene ring substituents is 1. The Balaban J connectivity index is 1.66. The summed E-state index contributed by atoms with van der Waals surface area (Å²) in [4.78, 5) is 18.9. The first-order valence-electron chi connectivity index (χ1n) is 9.81. The van der Waals surface area contributed by atoms with Gasteiger partial charge < -0.3 is 10.6 Å². The Hall–Kier alpha value is -2.71. The minimum Gasteiger partial charge on any atom is -0.354 e. The smallest absolute Gasteiger partial charge is 0.269 e. The van der Waals surface area contributed by atoms with Gasteiger partial charge in [0.05, 0.1) is 17.5 Å². The molecule has 0 aliphatic carbocycles. The summed E-state index contributed by atoms with van der Waals surface area (Å²) >= 11 is 1.79. The van der Waals surface area contributed by atoms with Crippen LogP contribution >= 0.6 is 11.3 Å². The second kappa shape index (κ2) is 10.7. The number of likely N-dealkylation sites (tertiary alicyclic amines) is 1. The molecule has 2 heterocycles. The van der Waals surface area contributed by atoms with Gasteiger partial charge in [-0.15, -0.1) is 17.9 Å². The third-order valence-corrected chi connectivity index (χ3v) is 5.87. The van der Waals surface area contributed by atoms with E-state index in [4.69, 9.17) is 0 Å². The fourth-order valence-corrected chi connectivity index (χ4v) is 4.23. The van der Waals surface area contributed by atoms with E-state index in [1.165, 1.54) is 29.9 Å². The number of hydrogen-bond acceptors (Lipinski definition) is 5. The van der Waals surface area contributed by atoms with Crippen LogP contribution in [0.4, 0.5) is 5.69 Å². The molecular formula is C21H27N5O2S. The molecule has 1 aliphatic rings. The summed E-state index contributed by atoms with van der Waals surface area (Å²) in [6.45, 7) is 7.83. The van der Waals surface area contributed by atoms with Crippen LogP contribution in [-0.4, -0.2) is 42.0 Å². The predicted molar refractivity (Wildman–Crippen MR) is 118 cm³/mol. The first-order chi connectivity index (χ1) is 14.2. The van der Waals surface area contributed by atoms with Gasteiger partial charge in [0.15, 0.2) is 5.96 Å². The molecule has 0 spiro atoms. The van der Waals surface area contributed by atoms with Crippen molar-refractivity contribution in [3.63, 3.8) is 0 Å². The first kappa shape index (κ1) is 21.0. The molecule has 1 saturated heterocycles. The highest BCUT2D eigenvalue weighted by Crippen LogP contribution is 2.27. The number of nitrogens with zero attached hydrogens (tertiary/aromatic N) is 3. The molecule has 154 valence electrons. The Labute approximate surface area is 175 Å². The topological polar surface area (TPSA) is 82.8 Å². The summed E-state index contributed by atoms with van der Waals surface area (Å²) in [6, 6.07) is 11.1. The van der Waals surface area contributed by atoms with Crippen LogP contribution in [0, 0.1) is 10.1 Å². The van der Waals surface area contributed by atoms with E-state index in [1.54, 1.807) is 29.5 Å². The average Bonchev–Trinajstić information content (AvgIpc) is 3.44. The van der Waals surface area contributed by atoms with Crippen molar-refractivity contribution in [2.45, 2.75) is 25.4 Å². The highest BCUT2D eigenvalue weighted by Gasteiger charge is 2.24. The molecule has 0 bridgehead atoms. The minimum absolute atomic E-state index is 0.0882. The Morgan fingerprint density at radius 2 is 2.03 bits per heavy atom. The lowest BCUT2D eigenvalue weighted by Crippen LogP contribution is -2.42. The van der Waals surface area contributed by atoms with Gasteiger partial charge in [-0.1, -0.05) is 24.3 Å². The van der Waals surface area contributed by atoms with E-state index in [-0.39, 0.29) is 5.69 Å². The number of rotatable bonds is 9. The fraction of sp³-hybridized carbons (Fsp3) is 0.381. The van der Waals surface area contributed by atoms with E-state index in [0.29, 0.717) is 25.1 Å². The number of hydrogen-bond donors (Lipinski definition) is 2. The van der Waals surface area contributed by atoms with Crippen LogP contribution in [0.15, 0.2) is 59.4 Å². The van der Waals surface area contributed by atoms with Crippen LogP contribution in [0.1, 0.15) is 29.3 Å². The molecule has 0 saturated carbocycles. The van der Waals surface area contributed by atoms with Crippen molar-refractivity contribution in [2.24, 2.45) is 4.99 Å². The van der Waals surface area contributed by atoms with E-state index in [0.717, 1.165) is 25.2 Å². The summed E-state index contributed by atoms with van der Waals surface area (Å²) in [5.41, 5.74) is 1.01. The molecule has 1 atom stereocenters. The maximum atomic E-state index is 10.8. The minimum atomic E-state index is -0.394. The van der Waals surface area contributed by atoms with Gasteiger partial charge in [-0.05, 0) is 42.9 Å². The fourth-order valence-electron chi connectivity index (χ4n) is 3.37. The van der Waals surface area contributed by atoms with Crippen molar-refractivity contribution in [3.05, 3.63) is 75.0 Å². The number of aliphatic imine (C=N–C) groups is 1. The number of guanidine groups is 1. The summed E-state index contributed by atoms with van der Waals surface area (Å²) in [5.74, 6) is 0.712. The van der Waals surface area contributed by atoms with Gasteiger partial charge in [0, 0.05) is 30.1 Å². The van der Waals surface area contributed by atoms with Crippen LogP contribution < -0.4 is 10.6 Å². The third kappa shape index (κ3) is 6.13. The zero-order chi connectivity index (χ0) is 20.5. The summed E-state index contributed by atoms with van der Waals surface area (Å²) in [5, 5.41) is 19.6. The van der Waals surface area contributed by atoms with Gasteiger partial charge in [0.2, 0.25) is 0 Å². The van der Waals surface area contributed by atoms with Gasteiger partial charge in [0.1, 0.15) is 0 Å². The van der Waals surface area contributed by atoms with Gasteiger partial charge in [-0.25, -0.2) is 4.99 Å². The van der Waals surface area contributed by atoms with Gasteiger partial charge >= 0.3 is 0 Å². The number of nitro groups is 1. The molecule has 1 unspecified atom stereocenters. The molecule has 2 aromatic rings. The molecular weight excluding hydrogens is 386 g/mol. The lowest BCUT2D eigenvalue weighted by atomic mass is 10.2. The number of benzene rings is 1. The molecule has 2 N–H and O–H groups in total. The number of nitro benzene ring substituents is 1. The molecule has 7 nitrogen and oxygen atoms in total. The van der Waals surface area contributed by atoms with Crippen molar-refractivity contribution < 1.29 is 4.92 Å². The largest absolute Gasteiger partial charge is 0.354 e. The second-order valence-electron chi connectivity index (χ2n) is 6.91. The van der Waals surface area contributed by atoms with E-state index in [2.05, 4.69) is 44.6 Å². The predicted octanol–water partition coefficient (Wildman–Crippen LogP) is 3.71. The van der Waals surface area contributed by atoms with Crippen molar-refractivity contribution in [1.82, 2.24) is 15.5 Å². The molecule has 0 radical (unpaired) electrons. The standard InChI is InChI=1S/C21H27N5O2S/c1-2-11-22-21(23-15-17-7-9-18(10-8-17)26(27)28)24-16-19(20-6-5-14-29-20)25-12-3-4-13-25/h2,5-10,14,19H,1,3-4,11-13,15-16H2,(H2,22,23,24). The molecule has 29 heavy (non-hydrogen) atoms. The highest BCUT2D eigenvalue weighted by atomic mass is 32.1. The zero-order valence-corrected chi connectivity index (χ0v) is 17.2. The van der Waals surface area contributed by atoms with Crippen LogP contribution in [-0.2, 0) is 6.54 Å². The van der Waals surface area contributed by atoms with E-state index >= 15 is 0 Å². The van der Waals surface area contributed by atoms with E-state index in [1.807, 2.05) is 0 Å². The number of nitrogens with one attached hydrogen (secondary N) is 2. The Kier molecular flexibility index (Phi) is 7.77. The van der Waals surface area contributed by atoms with Crippen LogP contribution in [0.25, 0.3) is 0 Å². The van der Waals surface area contributed by atoms with E-state index in [9.17, 15) is 10.1 Å². The van der Waals surface area contributed by atoms with Crippen LogP contribution in [0.5, 0.6) is 0 Å². The lowest BCUT2D eigenvalue weighted by molar-refractivity contribution is -0.384. The normalized spacial score (nSPS) is 15.8. The number of thiophene rings is 1. The van der Waals surface area contributed by atoms with Crippen molar-refractivity contribution in [3.8, 4) is 0 Å². The zero-order valence-electron chi connectivity index (χ0n) is 16.4. The van der Waals surface area contributed by atoms with Crippen LogP contribution in [0.3, 0.4) is 0 Å². The van der Waals surface area contributed by atoms with Crippen molar-refractivity contribution in [1.29, 1.82) is 0 Å². The molecule has 1 aliphatic heterocycles. The lowest BCUT2D eigenvalue weighted by Gasteiger charge is -2.27. The van der Waals surface area contributed by atoms with Gasteiger partial charge in [0.25, 0.3) is 5.69 Å². The monoisotopic (exact) mass is 413 g/mol.